The Bertz CT molecular complexity index is 317. The first-order valence-electron chi connectivity index (χ1n) is 6.10. The molecule has 110 valence electrons. The Morgan fingerprint density at radius 3 is 2.33 bits per heavy atom. The first-order chi connectivity index (χ1) is 7.68. The summed E-state index contributed by atoms with van der Waals surface area (Å²) in [6, 6.07) is 0. The smallest absolute Gasteiger partial charge is 0.214 e. The van der Waals surface area contributed by atoms with Crippen LogP contribution in [0.25, 0.3) is 0 Å². The minimum absolute atomic E-state index is 0. The molecule has 0 atom stereocenters. The largest absolute Gasteiger partial charge is 0.314 e. The van der Waals surface area contributed by atoms with Crippen LogP contribution in [-0.4, -0.2) is 57.8 Å². The highest BCUT2D eigenvalue weighted by Crippen LogP contribution is 2.27. The summed E-state index contributed by atoms with van der Waals surface area (Å²) in [4.78, 5) is 2.38. The van der Waals surface area contributed by atoms with E-state index < -0.39 is 10.0 Å². The lowest BCUT2D eigenvalue weighted by atomic mass is 10.3. The van der Waals surface area contributed by atoms with Crippen LogP contribution in [0.15, 0.2) is 0 Å². The average molecular weight is 320 g/mol. The summed E-state index contributed by atoms with van der Waals surface area (Å²) in [6.45, 7) is 5.84. The van der Waals surface area contributed by atoms with E-state index >= 15 is 0 Å². The van der Waals surface area contributed by atoms with Crippen molar-refractivity contribution in [1.29, 1.82) is 0 Å². The topological polar surface area (TPSA) is 61.4 Å². The van der Waals surface area contributed by atoms with Crippen LogP contribution in [0.3, 0.4) is 0 Å². The van der Waals surface area contributed by atoms with Gasteiger partial charge in [-0.25, -0.2) is 13.1 Å². The van der Waals surface area contributed by atoms with E-state index in [0.717, 1.165) is 52.0 Å². The maximum absolute atomic E-state index is 11.5. The second-order valence-electron chi connectivity index (χ2n) is 4.58. The van der Waals surface area contributed by atoms with Crippen molar-refractivity contribution in [1.82, 2.24) is 14.9 Å². The summed E-state index contributed by atoms with van der Waals surface area (Å²) >= 11 is 0. The van der Waals surface area contributed by atoms with Gasteiger partial charge < -0.3 is 10.2 Å². The van der Waals surface area contributed by atoms with Crippen molar-refractivity contribution >= 4 is 34.8 Å². The van der Waals surface area contributed by atoms with Crippen LogP contribution >= 0.6 is 24.8 Å². The Morgan fingerprint density at radius 1 is 1.17 bits per heavy atom. The van der Waals surface area contributed by atoms with Crippen LogP contribution in [0.2, 0.25) is 0 Å². The molecule has 1 aliphatic carbocycles. The summed E-state index contributed by atoms with van der Waals surface area (Å²) in [7, 11) is -2.97. The number of piperazine rings is 1. The number of halogens is 2. The number of hydrogen-bond acceptors (Lipinski definition) is 4. The summed E-state index contributed by atoms with van der Waals surface area (Å²) < 4.78 is 25.7. The molecule has 2 fully saturated rings. The fourth-order valence-electron chi connectivity index (χ4n) is 1.95. The molecule has 0 aromatic carbocycles. The van der Waals surface area contributed by atoms with Crippen molar-refractivity contribution < 1.29 is 8.42 Å². The van der Waals surface area contributed by atoms with Gasteiger partial charge in [0.05, 0.1) is 5.25 Å². The van der Waals surface area contributed by atoms with E-state index in [1.54, 1.807) is 0 Å². The maximum atomic E-state index is 11.5. The standard InChI is InChI=1S/C10H21N3O2S.2ClH/c14-16(15,10-2-3-10)12-4-1-7-13-8-5-11-6-9-13;;/h10-12H,1-9H2;2*1H. The zero-order valence-electron chi connectivity index (χ0n) is 10.4. The van der Waals surface area contributed by atoms with Gasteiger partial charge in [-0.15, -0.1) is 24.8 Å². The van der Waals surface area contributed by atoms with Crippen LogP contribution in [0, 0.1) is 0 Å². The minimum Gasteiger partial charge on any atom is -0.314 e. The second-order valence-corrected chi connectivity index (χ2v) is 6.63. The van der Waals surface area contributed by atoms with E-state index in [-0.39, 0.29) is 30.1 Å². The molecule has 0 aromatic heterocycles. The number of nitrogens with zero attached hydrogens (tertiary/aromatic N) is 1. The summed E-state index contributed by atoms with van der Waals surface area (Å²) in [5, 5.41) is 3.21. The van der Waals surface area contributed by atoms with E-state index in [0.29, 0.717) is 6.54 Å². The van der Waals surface area contributed by atoms with E-state index in [1.165, 1.54) is 0 Å². The Morgan fingerprint density at radius 2 is 1.78 bits per heavy atom. The highest BCUT2D eigenvalue weighted by atomic mass is 35.5. The van der Waals surface area contributed by atoms with Crippen LogP contribution in [0.4, 0.5) is 0 Å². The van der Waals surface area contributed by atoms with E-state index in [1.807, 2.05) is 0 Å². The fourth-order valence-corrected chi connectivity index (χ4v) is 3.37. The molecule has 2 rings (SSSR count). The van der Waals surface area contributed by atoms with Gasteiger partial charge in [-0.3, -0.25) is 0 Å². The van der Waals surface area contributed by atoms with Crippen molar-refractivity contribution in [2.24, 2.45) is 0 Å². The lowest BCUT2D eigenvalue weighted by Gasteiger charge is -2.27. The molecule has 0 aromatic rings. The van der Waals surface area contributed by atoms with Crippen LogP contribution in [0.5, 0.6) is 0 Å². The molecule has 0 amide bonds. The maximum Gasteiger partial charge on any atom is 0.214 e. The molecule has 1 saturated heterocycles. The van der Waals surface area contributed by atoms with Crippen molar-refractivity contribution in [3.8, 4) is 0 Å². The Kier molecular flexibility index (Phi) is 8.75. The molecule has 8 heteroatoms. The van der Waals surface area contributed by atoms with Crippen molar-refractivity contribution in [3.63, 3.8) is 0 Å². The van der Waals surface area contributed by atoms with E-state index in [4.69, 9.17) is 0 Å². The van der Waals surface area contributed by atoms with Crippen LogP contribution < -0.4 is 10.0 Å². The fraction of sp³-hybridized carbons (Fsp3) is 1.00. The second kappa shape index (κ2) is 8.55. The summed E-state index contributed by atoms with van der Waals surface area (Å²) in [5.74, 6) is 0. The SMILES string of the molecule is Cl.Cl.O=S(=O)(NCCCN1CCNCC1)C1CC1. The minimum atomic E-state index is -2.97. The van der Waals surface area contributed by atoms with Gasteiger partial charge in [-0.2, -0.15) is 0 Å². The van der Waals surface area contributed by atoms with Crippen molar-refractivity contribution in [2.75, 3.05) is 39.3 Å². The molecule has 5 nitrogen and oxygen atoms in total. The molecular formula is C10H23Cl2N3O2S. The number of sulfonamides is 1. The molecule has 0 unspecified atom stereocenters. The molecule has 0 spiro atoms. The molecule has 0 radical (unpaired) electrons. The third kappa shape index (κ3) is 6.04. The van der Waals surface area contributed by atoms with Gasteiger partial charge in [0.25, 0.3) is 0 Å². The van der Waals surface area contributed by atoms with E-state index in [2.05, 4.69) is 14.9 Å². The lowest BCUT2D eigenvalue weighted by Crippen LogP contribution is -2.44. The van der Waals surface area contributed by atoms with Crippen LogP contribution in [0.1, 0.15) is 19.3 Å². The third-order valence-electron chi connectivity index (χ3n) is 3.13. The predicted octanol–water partition coefficient (Wildman–Crippen LogP) is 0.207. The molecule has 18 heavy (non-hydrogen) atoms. The zero-order chi connectivity index (χ0) is 11.4. The van der Waals surface area contributed by atoms with Crippen LogP contribution in [-0.2, 0) is 10.0 Å². The molecule has 2 N–H and O–H groups in total. The number of rotatable bonds is 6. The van der Waals surface area contributed by atoms with Crippen molar-refractivity contribution in [2.45, 2.75) is 24.5 Å². The molecule has 0 bridgehead atoms. The number of hydrogen-bond donors (Lipinski definition) is 2. The monoisotopic (exact) mass is 319 g/mol. The molecule has 2 aliphatic rings. The van der Waals surface area contributed by atoms with Gasteiger partial charge >= 0.3 is 0 Å². The Hall–Kier alpha value is 0.410. The van der Waals surface area contributed by atoms with E-state index in [9.17, 15) is 8.42 Å². The normalized spacial score (nSPS) is 20.9. The summed E-state index contributed by atoms with van der Waals surface area (Å²) in [6.07, 6.45) is 2.59. The molecule has 1 aliphatic heterocycles. The highest BCUT2D eigenvalue weighted by molar-refractivity contribution is 7.90. The molecule has 1 saturated carbocycles. The average Bonchev–Trinajstić information content (AvgIpc) is 3.10. The lowest BCUT2D eigenvalue weighted by molar-refractivity contribution is 0.239. The first-order valence-corrected chi connectivity index (χ1v) is 7.65. The van der Waals surface area contributed by atoms with Gasteiger partial charge in [-0.1, -0.05) is 0 Å². The van der Waals surface area contributed by atoms with Gasteiger partial charge in [-0.05, 0) is 25.8 Å². The Balaban J connectivity index is 0.00000144. The quantitative estimate of drug-likeness (QED) is 0.687. The molecular weight excluding hydrogens is 297 g/mol. The zero-order valence-corrected chi connectivity index (χ0v) is 12.9. The Labute approximate surface area is 122 Å². The first kappa shape index (κ1) is 18.4. The highest BCUT2D eigenvalue weighted by Gasteiger charge is 2.35. The van der Waals surface area contributed by atoms with Gasteiger partial charge in [0.2, 0.25) is 10.0 Å². The number of nitrogens with one attached hydrogen (secondary N) is 2. The van der Waals surface area contributed by atoms with Crippen molar-refractivity contribution in [3.05, 3.63) is 0 Å². The summed E-state index contributed by atoms with van der Waals surface area (Å²) in [5.41, 5.74) is 0. The van der Waals surface area contributed by atoms with Gasteiger partial charge in [0.1, 0.15) is 0 Å². The molecule has 1 heterocycles. The predicted molar refractivity (Wildman–Crippen MR) is 78.4 cm³/mol. The van der Waals surface area contributed by atoms with Gasteiger partial charge in [0, 0.05) is 32.7 Å². The third-order valence-corrected chi connectivity index (χ3v) is 5.08. The van der Waals surface area contributed by atoms with Gasteiger partial charge in [0.15, 0.2) is 0 Å².